The fourth-order valence-electron chi connectivity index (χ4n) is 1.74. The van der Waals surface area contributed by atoms with Crippen molar-refractivity contribution in [3.05, 3.63) is 35.4 Å². The molecule has 18 heavy (non-hydrogen) atoms. The summed E-state index contributed by atoms with van der Waals surface area (Å²) in [5.74, 6) is 0.402. The molecule has 0 spiro atoms. The van der Waals surface area contributed by atoms with E-state index in [-0.39, 0.29) is 5.97 Å². The number of benzene rings is 1. The molecule has 0 saturated carbocycles. The van der Waals surface area contributed by atoms with Crippen LogP contribution in [0, 0.1) is 0 Å². The zero-order valence-electron chi connectivity index (χ0n) is 12.1. The largest absolute Gasteiger partial charge is 0.460 e. The van der Waals surface area contributed by atoms with Gasteiger partial charge >= 0.3 is 5.97 Å². The van der Waals surface area contributed by atoms with Crippen LogP contribution >= 0.6 is 0 Å². The Morgan fingerprint density at radius 2 is 1.78 bits per heavy atom. The second-order valence-corrected chi connectivity index (χ2v) is 5.81. The number of hydrogen-bond acceptors (Lipinski definition) is 2. The highest BCUT2D eigenvalue weighted by molar-refractivity contribution is 5.73. The second-order valence-electron chi connectivity index (χ2n) is 5.81. The minimum atomic E-state index is -0.409. The molecule has 0 aliphatic heterocycles. The molecular formula is C16H24O2. The number of carbonyl (C=O) groups is 1. The van der Waals surface area contributed by atoms with Crippen molar-refractivity contribution in [1.29, 1.82) is 0 Å². The first-order chi connectivity index (χ1) is 8.31. The summed E-state index contributed by atoms with van der Waals surface area (Å²) in [6.45, 7) is 10.0. The number of carbonyl (C=O) groups excluding carboxylic acids is 1. The molecule has 0 amide bonds. The molecule has 1 unspecified atom stereocenters. The van der Waals surface area contributed by atoms with Gasteiger partial charge in [-0.15, -0.1) is 0 Å². The van der Waals surface area contributed by atoms with Crippen LogP contribution in [0.4, 0.5) is 0 Å². The first-order valence-electron chi connectivity index (χ1n) is 6.62. The third-order valence-electron chi connectivity index (χ3n) is 2.93. The fraction of sp³-hybridized carbons (Fsp3) is 0.562. The highest BCUT2D eigenvalue weighted by Gasteiger charge is 2.16. The summed E-state index contributed by atoms with van der Waals surface area (Å²) >= 11 is 0. The van der Waals surface area contributed by atoms with Crippen molar-refractivity contribution in [2.45, 2.75) is 59.0 Å². The predicted octanol–water partition coefficient (Wildman–Crippen LogP) is 4.08. The fourth-order valence-corrected chi connectivity index (χ4v) is 1.74. The summed E-state index contributed by atoms with van der Waals surface area (Å²) in [4.78, 5) is 11.7. The van der Waals surface area contributed by atoms with E-state index in [4.69, 9.17) is 4.74 Å². The van der Waals surface area contributed by atoms with E-state index in [1.165, 1.54) is 5.56 Å². The Balaban J connectivity index is 2.61. The van der Waals surface area contributed by atoms with Crippen molar-refractivity contribution in [2.24, 2.45) is 0 Å². The van der Waals surface area contributed by atoms with Crippen molar-refractivity contribution in [3.63, 3.8) is 0 Å². The van der Waals surface area contributed by atoms with E-state index in [0.717, 1.165) is 12.0 Å². The van der Waals surface area contributed by atoms with Crippen molar-refractivity contribution < 1.29 is 9.53 Å². The molecular weight excluding hydrogens is 224 g/mol. The molecule has 1 atom stereocenters. The standard InChI is InChI=1S/C16H24O2/c1-6-12(2)14-9-7-13(8-10-14)11-15(17)18-16(3,4)5/h7-10,12H,6,11H2,1-5H3. The Morgan fingerprint density at radius 1 is 1.22 bits per heavy atom. The van der Waals surface area contributed by atoms with Crippen LogP contribution in [0.5, 0.6) is 0 Å². The first-order valence-corrected chi connectivity index (χ1v) is 6.62. The lowest BCUT2D eigenvalue weighted by Gasteiger charge is -2.19. The second kappa shape index (κ2) is 6.03. The molecule has 0 radical (unpaired) electrons. The van der Waals surface area contributed by atoms with E-state index >= 15 is 0 Å². The Kier molecular flexibility index (Phi) is 4.94. The van der Waals surface area contributed by atoms with Gasteiger partial charge in [-0.2, -0.15) is 0 Å². The molecule has 0 aliphatic rings. The van der Waals surface area contributed by atoms with E-state index in [1.807, 2.05) is 32.9 Å². The van der Waals surface area contributed by atoms with Gasteiger partial charge in [-0.05, 0) is 44.2 Å². The van der Waals surface area contributed by atoms with Crippen molar-refractivity contribution in [3.8, 4) is 0 Å². The molecule has 0 bridgehead atoms. The van der Waals surface area contributed by atoms with Gasteiger partial charge in [0.2, 0.25) is 0 Å². The molecule has 0 heterocycles. The van der Waals surface area contributed by atoms with Gasteiger partial charge in [0.1, 0.15) is 5.60 Å². The summed E-state index contributed by atoms with van der Waals surface area (Å²) in [6, 6.07) is 8.25. The summed E-state index contributed by atoms with van der Waals surface area (Å²) in [7, 11) is 0. The molecule has 1 aromatic carbocycles. The maximum atomic E-state index is 11.7. The number of rotatable bonds is 4. The van der Waals surface area contributed by atoms with Crippen LogP contribution < -0.4 is 0 Å². The van der Waals surface area contributed by atoms with Gasteiger partial charge in [-0.25, -0.2) is 0 Å². The van der Waals surface area contributed by atoms with Crippen LogP contribution in [0.3, 0.4) is 0 Å². The normalized spacial score (nSPS) is 13.2. The topological polar surface area (TPSA) is 26.3 Å². The lowest BCUT2D eigenvalue weighted by Crippen LogP contribution is -2.24. The molecule has 100 valence electrons. The minimum absolute atomic E-state index is 0.168. The molecule has 2 heteroatoms. The quantitative estimate of drug-likeness (QED) is 0.750. The average Bonchev–Trinajstić information content (AvgIpc) is 2.26. The van der Waals surface area contributed by atoms with E-state index in [2.05, 4.69) is 26.0 Å². The summed E-state index contributed by atoms with van der Waals surface area (Å²) in [5.41, 5.74) is 1.93. The van der Waals surface area contributed by atoms with E-state index < -0.39 is 5.60 Å². The van der Waals surface area contributed by atoms with Crippen LogP contribution in [0.25, 0.3) is 0 Å². The van der Waals surface area contributed by atoms with Crippen molar-refractivity contribution in [1.82, 2.24) is 0 Å². The van der Waals surface area contributed by atoms with Gasteiger partial charge in [0, 0.05) is 0 Å². The van der Waals surface area contributed by atoms with Crippen LogP contribution in [0.1, 0.15) is 58.1 Å². The average molecular weight is 248 g/mol. The molecule has 0 fully saturated rings. The Bertz CT molecular complexity index is 385. The maximum Gasteiger partial charge on any atom is 0.310 e. The number of ether oxygens (including phenoxy) is 1. The lowest BCUT2D eigenvalue weighted by atomic mass is 9.97. The highest BCUT2D eigenvalue weighted by atomic mass is 16.6. The Labute approximate surface area is 110 Å². The first kappa shape index (κ1) is 14.7. The zero-order chi connectivity index (χ0) is 13.8. The highest BCUT2D eigenvalue weighted by Crippen LogP contribution is 2.19. The number of hydrogen-bond donors (Lipinski definition) is 0. The number of esters is 1. The van der Waals surface area contributed by atoms with E-state index in [0.29, 0.717) is 12.3 Å². The molecule has 1 rings (SSSR count). The SMILES string of the molecule is CCC(C)c1ccc(CC(=O)OC(C)(C)C)cc1. The molecule has 2 nitrogen and oxygen atoms in total. The molecule has 0 saturated heterocycles. The molecule has 0 aliphatic carbocycles. The van der Waals surface area contributed by atoms with E-state index in [1.54, 1.807) is 0 Å². The third-order valence-corrected chi connectivity index (χ3v) is 2.93. The van der Waals surface area contributed by atoms with Crippen molar-refractivity contribution in [2.75, 3.05) is 0 Å². The van der Waals surface area contributed by atoms with Crippen LogP contribution in [0.15, 0.2) is 24.3 Å². The van der Waals surface area contributed by atoms with Crippen LogP contribution in [-0.2, 0) is 16.0 Å². The van der Waals surface area contributed by atoms with Gasteiger partial charge in [-0.1, -0.05) is 38.1 Å². The maximum absolute atomic E-state index is 11.7. The predicted molar refractivity (Wildman–Crippen MR) is 74.7 cm³/mol. The molecule has 0 aromatic heterocycles. The zero-order valence-corrected chi connectivity index (χ0v) is 12.1. The van der Waals surface area contributed by atoms with Crippen LogP contribution in [0.2, 0.25) is 0 Å². The minimum Gasteiger partial charge on any atom is -0.460 e. The smallest absolute Gasteiger partial charge is 0.310 e. The van der Waals surface area contributed by atoms with Gasteiger partial charge in [0.05, 0.1) is 6.42 Å². The summed E-state index contributed by atoms with van der Waals surface area (Å²) in [5, 5.41) is 0. The van der Waals surface area contributed by atoms with Crippen molar-refractivity contribution >= 4 is 5.97 Å². The van der Waals surface area contributed by atoms with Gasteiger partial charge in [-0.3, -0.25) is 4.79 Å². The third kappa shape index (κ3) is 4.91. The summed E-state index contributed by atoms with van der Waals surface area (Å²) in [6.07, 6.45) is 1.48. The Morgan fingerprint density at radius 3 is 2.22 bits per heavy atom. The molecule has 1 aromatic rings. The van der Waals surface area contributed by atoms with Gasteiger partial charge < -0.3 is 4.74 Å². The summed E-state index contributed by atoms with van der Waals surface area (Å²) < 4.78 is 5.30. The van der Waals surface area contributed by atoms with Gasteiger partial charge in [0.15, 0.2) is 0 Å². The Hall–Kier alpha value is -1.31. The van der Waals surface area contributed by atoms with Crippen LogP contribution in [-0.4, -0.2) is 11.6 Å². The lowest BCUT2D eigenvalue weighted by molar-refractivity contribution is -0.153. The monoisotopic (exact) mass is 248 g/mol. The van der Waals surface area contributed by atoms with Gasteiger partial charge in [0.25, 0.3) is 0 Å². The van der Waals surface area contributed by atoms with E-state index in [9.17, 15) is 4.79 Å². The molecule has 0 N–H and O–H groups in total.